The van der Waals surface area contributed by atoms with E-state index >= 15 is 0 Å². The minimum Gasteiger partial charge on any atom is -0.486 e. The molecule has 1 aliphatic rings. The second-order valence-electron chi connectivity index (χ2n) is 4.99. The van der Waals surface area contributed by atoms with Crippen LogP contribution in [0.1, 0.15) is 19.3 Å². The maximum atomic E-state index is 13.3. The van der Waals surface area contributed by atoms with Crippen LogP contribution in [0.25, 0.3) is 0 Å². The molecule has 2 atom stereocenters. The van der Waals surface area contributed by atoms with E-state index in [0.717, 1.165) is 31.4 Å². The van der Waals surface area contributed by atoms with Crippen molar-refractivity contribution in [3.05, 3.63) is 33.1 Å². The van der Waals surface area contributed by atoms with E-state index in [0.29, 0.717) is 19.1 Å². The number of halogens is 2. The van der Waals surface area contributed by atoms with Crippen molar-refractivity contribution in [2.45, 2.75) is 19.3 Å². The van der Waals surface area contributed by atoms with E-state index in [1.807, 2.05) is 0 Å². The lowest BCUT2D eigenvalue weighted by Gasteiger charge is -2.18. The quantitative estimate of drug-likeness (QED) is 0.669. The summed E-state index contributed by atoms with van der Waals surface area (Å²) in [4.78, 5) is 10.2. The highest BCUT2D eigenvalue weighted by Gasteiger charge is 2.28. The average Bonchev–Trinajstić information content (AvgIpc) is 2.86. The van der Waals surface area contributed by atoms with Crippen LogP contribution < -0.4 is 10.5 Å². The Balaban J connectivity index is 2.12. The third-order valence-corrected chi connectivity index (χ3v) is 4.06. The molecule has 1 aromatic rings. The molecule has 1 fully saturated rings. The second kappa shape index (κ2) is 6.37. The van der Waals surface area contributed by atoms with Gasteiger partial charge >= 0.3 is 5.69 Å². The smallest absolute Gasteiger partial charge is 0.313 e. The van der Waals surface area contributed by atoms with Gasteiger partial charge in [-0.3, -0.25) is 10.1 Å². The van der Waals surface area contributed by atoms with Crippen LogP contribution in [0.5, 0.6) is 5.75 Å². The molecule has 0 bridgehead atoms. The van der Waals surface area contributed by atoms with Gasteiger partial charge < -0.3 is 10.5 Å². The zero-order chi connectivity index (χ0) is 14.7. The first-order chi connectivity index (χ1) is 9.52. The van der Waals surface area contributed by atoms with Crippen molar-refractivity contribution in [2.75, 3.05) is 13.2 Å². The van der Waals surface area contributed by atoms with Crippen LogP contribution >= 0.6 is 11.6 Å². The molecule has 110 valence electrons. The van der Waals surface area contributed by atoms with Crippen LogP contribution in [-0.2, 0) is 0 Å². The van der Waals surface area contributed by atoms with Crippen molar-refractivity contribution in [1.29, 1.82) is 0 Å². The summed E-state index contributed by atoms with van der Waals surface area (Å²) in [5.41, 5.74) is 5.27. The number of nitro groups is 1. The van der Waals surface area contributed by atoms with Crippen molar-refractivity contribution in [2.24, 2.45) is 17.6 Å². The van der Waals surface area contributed by atoms with Crippen molar-refractivity contribution in [1.82, 2.24) is 0 Å². The highest BCUT2D eigenvalue weighted by atomic mass is 35.5. The summed E-state index contributed by atoms with van der Waals surface area (Å²) in [6.07, 6.45) is 3.13. The van der Waals surface area contributed by atoms with Gasteiger partial charge in [0.25, 0.3) is 0 Å². The Morgan fingerprint density at radius 1 is 1.45 bits per heavy atom. The maximum absolute atomic E-state index is 13.3. The highest BCUT2D eigenvalue weighted by molar-refractivity contribution is 6.31. The largest absolute Gasteiger partial charge is 0.486 e. The summed E-state index contributed by atoms with van der Waals surface area (Å²) in [6.45, 7) is 0.922. The molecule has 20 heavy (non-hydrogen) atoms. The average molecular weight is 303 g/mol. The molecule has 1 aliphatic carbocycles. The molecule has 5 nitrogen and oxygen atoms in total. The molecular weight excluding hydrogens is 287 g/mol. The van der Waals surface area contributed by atoms with Gasteiger partial charge in [-0.15, -0.1) is 0 Å². The summed E-state index contributed by atoms with van der Waals surface area (Å²) in [7, 11) is 0. The van der Waals surface area contributed by atoms with Gasteiger partial charge in [0.15, 0.2) is 5.75 Å². The third kappa shape index (κ3) is 3.19. The third-order valence-electron chi connectivity index (χ3n) is 3.77. The van der Waals surface area contributed by atoms with Crippen LogP contribution in [0.15, 0.2) is 12.1 Å². The number of ether oxygens (including phenoxy) is 1. The molecule has 2 unspecified atom stereocenters. The molecule has 7 heteroatoms. The SMILES string of the molecule is NCC1CCCC1COc1cc(Cl)c(F)cc1[N+](=O)[O-]. The van der Waals surface area contributed by atoms with Crippen LogP contribution in [0, 0.1) is 27.8 Å². The Morgan fingerprint density at radius 3 is 2.80 bits per heavy atom. The van der Waals surface area contributed by atoms with E-state index in [1.165, 1.54) is 0 Å². The Labute approximate surface area is 121 Å². The first kappa shape index (κ1) is 15.0. The van der Waals surface area contributed by atoms with E-state index in [1.54, 1.807) is 0 Å². The van der Waals surface area contributed by atoms with Crippen molar-refractivity contribution in [3.8, 4) is 5.75 Å². The summed E-state index contributed by atoms with van der Waals surface area (Å²) < 4.78 is 18.8. The van der Waals surface area contributed by atoms with Crippen LogP contribution in [0.4, 0.5) is 10.1 Å². The molecule has 1 saturated carbocycles. The molecule has 0 radical (unpaired) electrons. The lowest BCUT2D eigenvalue weighted by molar-refractivity contribution is -0.386. The summed E-state index contributed by atoms with van der Waals surface area (Å²) in [6, 6.07) is 1.94. The van der Waals surface area contributed by atoms with E-state index in [9.17, 15) is 14.5 Å². The highest BCUT2D eigenvalue weighted by Crippen LogP contribution is 2.35. The lowest BCUT2D eigenvalue weighted by atomic mass is 9.97. The number of nitro benzene ring substituents is 1. The fraction of sp³-hybridized carbons (Fsp3) is 0.538. The first-order valence-electron chi connectivity index (χ1n) is 6.49. The van der Waals surface area contributed by atoms with Crippen molar-refractivity contribution < 1.29 is 14.1 Å². The fourth-order valence-corrected chi connectivity index (χ4v) is 2.77. The molecule has 0 spiro atoms. The molecule has 0 aromatic heterocycles. The minimum absolute atomic E-state index is 0.00377. The zero-order valence-electron chi connectivity index (χ0n) is 10.9. The second-order valence-corrected chi connectivity index (χ2v) is 5.40. The predicted molar refractivity (Wildman–Crippen MR) is 73.4 cm³/mol. The minimum atomic E-state index is -0.827. The number of rotatable bonds is 5. The van der Waals surface area contributed by atoms with E-state index in [2.05, 4.69) is 0 Å². The number of hydrogen-bond donors (Lipinski definition) is 1. The van der Waals surface area contributed by atoms with E-state index < -0.39 is 16.4 Å². The van der Waals surface area contributed by atoms with Gasteiger partial charge in [0, 0.05) is 6.07 Å². The Bertz CT molecular complexity index is 513. The molecule has 2 rings (SSSR count). The number of hydrogen-bond acceptors (Lipinski definition) is 4. The summed E-state index contributed by atoms with van der Waals surface area (Å²) in [5, 5.41) is 10.7. The van der Waals surface area contributed by atoms with Crippen molar-refractivity contribution in [3.63, 3.8) is 0 Å². The molecule has 0 aliphatic heterocycles. The van der Waals surface area contributed by atoms with Gasteiger partial charge in [-0.2, -0.15) is 0 Å². The zero-order valence-corrected chi connectivity index (χ0v) is 11.6. The number of nitrogens with zero attached hydrogens (tertiary/aromatic N) is 1. The van der Waals surface area contributed by atoms with Gasteiger partial charge in [0.1, 0.15) is 5.82 Å². The van der Waals surface area contributed by atoms with Crippen LogP contribution in [0.3, 0.4) is 0 Å². The molecule has 0 heterocycles. The molecule has 1 aromatic carbocycles. The van der Waals surface area contributed by atoms with Crippen LogP contribution in [-0.4, -0.2) is 18.1 Å². The standard InChI is InChI=1S/C13H16ClFN2O3/c14-10-4-13(12(17(18)19)5-11(10)15)20-7-9-3-1-2-8(9)6-16/h4-5,8-9H,1-3,6-7,16H2. The van der Waals surface area contributed by atoms with Gasteiger partial charge in [-0.05, 0) is 31.2 Å². The monoisotopic (exact) mass is 302 g/mol. The molecular formula is C13H16ClFN2O3. The van der Waals surface area contributed by atoms with E-state index in [-0.39, 0.29) is 16.7 Å². The number of benzene rings is 1. The van der Waals surface area contributed by atoms with E-state index in [4.69, 9.17) is 22.1 Å². The molecule has 0 amide bonds. The predicted octanol–water partition coefficient (Wildman–Crippen LogP) is 3.14. The fourth-order valence-electron chi connectivity index (χ4n) is 2.62. The van der Waals surface area contributed by atoms with Gasteiger partial charge in [0.2, 0.25) is 0 Å². The lowest BCUT2D eigenvalue weighted by Crippen LogP contribution is -2.23. The molecule has 0 saturated heterocycles. The van der Waals surface area contributed by atoms with Gasteiger partial charge in [-0.1, -0.05) is 18.0 Å². The maximum Gasteiger partial charge on any atom is 0.313 e. The topological polar surface area (TPSA) is 78.4 Å². The van der Waals surface area contributed by atoms with Crippen molar-refractivity contribution >= 4 is 17.3 Å². The summed E-state index contributed by atoms with van der Waals surface area (Å²) >= 11 is 5.64. The molecule has 2 N–H and O–H groups in total. The number of nitrogens with two attached hydrogens (primary N) is 1. The normalized spacial score (nSPS) is 21.9. The Hall–Kier alpha value is -1.40. The van der Waals surface area contributed by atoms with Crippen LogP contribution in [0.2, 0.25) is 5.02 Å². The first-order valence-corrected chi connectivity index (χ1v) is 6.87. The van der Waals surface area contributed by atoms with Gasteiger partial charge in [-0.25, -0.2) is 4.39 Å². The summed E-state index contributed by atoms with van der Waals surface area (Å²) in [5.74, 6) is -0.163. The Morgan fingerprint density at radius 2 is 2.15 bits per heavy atom. The van der Waals surface area contributed by atoms with Gasteiger partial charge in [0.05, 0.1) is 22.6 Å². The Kier molecular flexibility index (Phi) is 4.77.